The third-order valence-corrected chi connectivity index (χ3v) is 2.79. The second-order valence-corrected chi connectivity index (χ2v) is 4.28. The fourth-order valence-corrected chi connectivity index (χ4v) is 1.76. The maximum Gasteiger partial charge on any atom is 0.270 e. The minimum atomic E-state index is -0.494. The van der Waals surface area contributed by atoms with Gasteiger partial charge in [-0.05, 0) is 46.3 Å². The number of rotatable bonds is 3. The van der Waals surface area contributed by atoms with Crippen LogP contribution in [-0.2, 0) is 0 Å². The Morgan fingerprint density at radius 2 is 1.83 bits per heavy atom. The highest BCUT2D eigenvalue weighted by molar-refractivity contribution is 9.10. The molecule has 2 rings (SSSR count). The Kier molecular flexibility index (Phi) is 3.57. The molecule has 2 aromatic rings. The summed E-state index contributed by atoms with van der Waals surface area (Å²) >= 11 is 3.18. The molecule has 92 valence electrons. The average Bonchev–Trinajstić information content (AvgIpc) is 2.34. The Morgan fingerprint density at radius 3 is 2.39 bits per heavy atom. The lowest BCUT2D eigenvalue weighted by molar-refractivity contribution is -0.384. The van der Waals surface area contributed by atoms with Crippen LogP contribution >= 0.6 is 15.9 Å². The lowest BCUT2D eigenvalue weighted by Gasteiger charge is -2.07. The van der Waals surface area contributed by atoms with Crippen molar-refractivity contribution in [3.63, 3.8) is 0 Å². The van der Waals surface area contributed by atoms with Gasteiger partial charge in [0.2, 0.25) is 0 Å². The maximum atomic E-state index is 12.7. The summed E-state index contributed by atoms with van der Waals surface area (Å²) in [5.74, 6) is 0.517. The van der Waals surface area contributed by atoms with E-state index in [9.17, 15) is 14.5 Å². The number of hydrogen-bond donors (Lipinski definition) is 0. The molecular weight excluding hydrogens is 305 g/mol. The van der Waals surface area contributed by atoms with Crippen molar-refractivity contribution in [2.45, 2.75) is 0 Å². The monoisotopic (exact) mass is 311 g/mol. The number of nitro benzene ring substituents is 1. The second-order valence-electron chi connectivity index (χ2n) is 3.43. The number of non-ortho nitro benzene ring substituents is 1. The van der Waals surface area contributed by atoms with E-state index < -0.39 is 4.92 Å². The summed E-state index contributed by atoms with van der Waals surface area (Å²) in [5, 5.41) is 10.6. The van der Waals surface area contributed by atoms with E-state index in [4.69, 9.17) is 4.74 Å². The molecule has 2 aromatic carbocycles. The lowest BCUT2D eigenvalue weighted by Crippen LogP contribution is -1.90. The molecule has 0 radical (unpaired) electrons. The van der Waals surface area contributed by atoms with Crippen molar-refractivity contribution in [1.29, 1.82) is 0 Å². The van der Waals surface area contributed by atoms with E-state index in [0.717, 1.165) is 0 Å². The van der Waals surface area contributed by atoms with Gasteiger partial charge < -0.3 is 4.74 Å². The van der Waals surface area contributed by atoms with Crippen LogP contribution in [0.4, 0.5) is 10.1 Å². The quantitative estimate of drug-likeness (QED) is 0.627. The third-order valence-electron chi connectivity index (χ3n) is 2.17. The van der Waals surface area contributed by atoms with Gasteiger partial charge in [-0.2, -0.15) is 0 Å². The molecule has 4 nitrogen and oxygen atoms in total. The molecule has 0 unspecified atom stereocenters. The van der Waals surface area contributed by atoms with Gasteiger partial charge in [0.1, 0.15) is 17.3 Å². The molecule has 0 N–H and O–H groups in total. The molecule has 0 spiro atoms. The Hall–Kier alpha value is -1.95. The smallest absolute Gasteiger partial charge is 0.270 e. The largest absolute Gasteiger partial charge is 0.456 e. The van der Waals surface area contributed by atoms with Gasteiger partial charge in [-0.25, -0.2) is 4.39 Å². The third kappa shape index (κ3) is 2.84. The summed E-state index contributed by atoms with van der Waals surface area (Å²) < 4.78 is 18.6. The molecule has 0 heterocycles. The predicted octanol–water partition coefficient (Wildman–Crippen LogP) is 4.29. The highest BCUT2D eigenvalue weighted by Crippen LogP contribution is 2.32. The summed E-state index contributed by atoms with van der Waals surface area (Å²) in [5.41, 5.74) is -0.0340. The molecule has 0 saturated carbocycles. The minimum absolute atomic E-state index is 0.0340. The Morgan fingerprint density at radius 1 is 1.17 bits per heavy atom. The zero-order chi connectivity index (χ0) is 13.1. The van der Waals surface area contributed by atoms with E-state index in [0.29, 0.717) is 16.0 Å². The van der Waals surface area contributed by atoms with Crippen LogP contribution in [0.3, 0.4) is 0 Å². The average molecular weight is 312 g/mol. The van der Waals surface area contributed by atoms with Gasteiger partial charge in [0.05, 0.1) is 9.40 Å². The molecule has 0 bridgehead atoms. The molecule has 0 aromatic heterocycles. The summed E-state index contributed by atoms with van der Waals surface area (Å²) in [6, 6.07) is 9.66. The molecule has 18 heavy (non-hydrogen) atoms. The van der Waals surface area contributed by atoms with Crippen LogP contribution in [0, 0.1) is 15.9 Å². The van der Waals surface area contributed by atoms with Crippen molar-refractivity contribution in [3.05, 3.63) is 62.9 Å². The Labute approximate surface area is 110 Å². The summed E-state index contributed by atoms with van der Waals surface area (Å²) in [7, 11) is 0. The van der Waals surface area contributed by atoms with Crippen LogP contribution in [0.5, 0.6) is 11.5 Å². The Balaban J connectivity index is 2.24. The number of nitro groups is 1. The number of hydrogen-bond acceptors (Lipinski definition) is 3. The number of nitrogens with zero attached hydrogens (tertiary/aromatic N) is 1. The van der Waals surface area contributed by atoms with E-state index in [1.807, 2.05) is 0 Å². The summed E-state index contributed by atoms with van der Waals surface area (Å²) in [6.45, 7) is 0. The first-order valence-corrected chi connectivity index (χ1v) is 5.73. The molecule has 0 aliphatic heterocycles. The fraction of sp³-hybridized carbons (Fsp3) is 0. The highest BCUT2D eigenvalue weighted by atomic mass is 79.9. The van der Waals surface area contributed by atoms with Crippen molar-refractivity contribution in [1.82, 2.24) is 0 Å². The van der Waals surface area contributed by atoms with Gasteiger partial charge in [-0.3, -0.25) is 10.1 Å². The van der Waals surface area contributed by atoms with Gasteiger partial charge in [-0.1, -0.05) is 0 Å². The van der Waals surface area contributed by atoms with E-state index in [1.54, 1.807) is 0 Å². The highest BCUT2D eigenvalue weighted by Gasteiger charge is 2.10. The van der Waals surface area contributed by atoms with Crippen molar-refractivity contribution in [3.8, 4) is 11.5 Å². The molecule has 0 aliphatic carbocycles. The molecule has 0 aliphatic rings. The number of halogens is 2. The van der Waals surface area contributed by atoms with E-state index in [2.05, 4.69) is 15.9 Å². The maximum absolute atomic E-state index is 12.7. The van der Waals surface area contributed by atoms with Crippen LogP contribution in [0.1, 0.15) is 0 Å². The van der Waals surface area contributed by atoms with Crippen LogP contribution in [0.15, 0.2) is 46.9 Å². The van der Waals surface area contributed by atoms with Crippen LogP contribution in [0.25, 0.3) is 0 Å². The molecule has 0 saturated heterocycles. The van der Waals surface area contributed by atoms with E-state index in [-0.39, 0.29) is 11.5 Å². The molecule has 0 atom stereocenters. The van der Waals surface area contributed by atoms with Gasteiger partial charge in [0.25, 0.3) is 5.69 Å². The van der Waals surface area contributed by atoms with Crippen molar-refractivity contribution >= 4 is 21.6 Å². The first kappa shape index (κ1) is 12.5. The van der Waals surface area contributed by atoms with Crippen molar-refractivity contribution in [2.75, 3.05) is 0 Å². The lowest BCUT2D eigenvalue weighted by atomic mass is 10.3. The topological polar surface area (TPSA) is 52.4 Å². The van der Waals surface area contributed by atoms with Crippen LogP contribution in [0.2, 0.25) is 0 Å². The zero-order valence-corrected chi connectivity index (χ0v) is 10.6. The predicted molar refractivity (Wildman–Crippen MR) is 67.3 cm³/mol. The van der Waals surface area contributed by atoms with E-state index in [1.165, 1.54) is 42.5 Å². The van der Waals surface area contributed by atoms with Gasteiger partial charge in [0.15, 0.2) is 0 Å². The summed E-state index contributed by atoms with van der Waals surface area (Å²) in [4.78, 5) is 10.1. The number of benzene rings is 2. The van der Waals surface area contributed by atoms with Crippen LogP contribution < -0.4 is 4.74 Å². The van der Waals surface area contributed by atoms with Crippen molar-refractivity contribution in [2.24, 2.45) is 0 Å². The fourth-order valence-electron chi connectivity index (χ4n) is 1.32. The molecular formula is C12H7BrFNO3. The summed E-state index contributed by atoms with van der Waals surface area (Å²) in [6.07, 6.45) is 0. The SMILES string of the molecule is O=[N+]([O-])c1ccc(Oc2ccc(F)cc2)c(Br)c1. The molecule has 0 amide bonds. The Bertz CT molecular complexity index is 586. The molecule has 0 fully saturated rings. The minimum Gasteiger partial charge on any atom is -0.456 e. The van der Waals surface area contributed by atoms with E-state index >= 15 is 0 Å². The number of ether oxygens (including phenoxy) is 1. The van der Waals surface area contributed by atoms with Crippen molar-refractivity contribution < 1.29 is 14.1 Å². The van der Waals surface area contributed by atoms with Gasteiger partial charge in [-0.15, -0.1) is 0 Å². The normalized spacial score (nSPS) is 10.1. The van der Waals surface area contributed by atoms with Crippen LogP contribution in [-0.4, -0.2) is 4.92 Å². The standard InChI is InChI=1S/C12H7BrFNO3/c13-11-7-9(15(16)17)3-6-12(11)18-10-4-1-8(14)2-5-10/h1-7H. The molecule has 6 heteroatoms. The first-order chi connectivity index (χ1) is 8.56. The van der Waals surface area contributed by atoms with Gasteiger partial charge >= 0.3 is 0 Å². The zero-order valence-electron chi connectivity index (χ0n) is 8.97. The van der Waals surface area contributed by atoms with Gasteiger partial charge in [0, 0.05) is 12.1 Å². The second kappa shape index (κ2) is 5.14. The first-order valence-electron chi connectivity index (χ1n) is 4.93.